The number of nitrogens with one attached hydrogen (secondary N) is 1. The summed E-state index contributed by atoms with van der Waals surface area (Å²) in [5.41, 5.74) is 5.60. The first-order chi connectivity index (χ1) is 16.0. The normalized spacial score (nSPS) is 18.1. The van der Waals surface area contributed by atoms with Crippen LogP contribution in [0.15, 0.2) is 95.7 Å². The van der Waals surface area contributed by atoms with Gasteiger partial charge in [-0.2, -0.15) is 0 Å². The third-order valence-corrected chi connectivity index (χ3v) is 6.97. The fourth-order valence-electron chi connectivity index (χ4n) is 4.43. The standard InChI is InChI=1S/C27H25BrN4S/c1-18(2)19-8-12-22(13-9-19)32-26(25(30-27(32)33)23-6-3-4-16-29-23)24-7-5-17-31(24)21-14-10-20(28)11-15-21/h3-18,25-26H,1-2H3,(H,30,33)/t25-,26-/m0/s1. The molecule has 0 spiro atoms. The van der Waals surface area contributed by atoms with E-state index in [1.165, 1.54) is 5.56 Å². The molecule has 1 aliphatic rings. The van der Waals surface area contributed by atoms with Gasteiger partial charge in [0.05, 0.1) is 11.7 Å². The monoisotopic (exact) mass is 516 g/mol. The van der Waals surface area contributed by atoms with Gasteiger partial charge in [-0.3, -0.25) is 4.98 Å². The quantitative estimate of drug-likeness (QED) is 0.291. The molecule has 1 N–H and O–H groups in total. The highest BCUT2D eigenvalue weighted by Gasteiger charge is 2.42. The maximum Gasteiger partial charge on any atom is 0.174 e. The van der Waals surface area contributed by atoms with Crippen molar-refractivity contribution in [3.63, 3.8) is 0 Å². The Labute approximate surface area is 208 Å². The zero-order valence-corrected chi connectivity index (χ0v) is 20.9. The average molecular weight is 517 g/mol. The molecule has 0 amide bonds. The predicted octanol–water partition coefficient (Wildman–Crippen LogP) is 6.94. The molecule has 2 atom stereocenters. The summed E-state index contributed by atoms with van der Waals surface area (Å²) in [5, 5.41) is 4.26. The molecule has 166 valence electrons. The Hall–Kier alpha value is -2.96. The van der Waals surface area contributed by atoms with Gasteiger partial charge in [-0.15, -0.1) is 0 Å². The number of rotatable bonds is 5. The van der Waals surface area contributed by atoms with E-state index in [4.69, 9.17) is 12.2 Å². The van der Waals surface area contributed by atoms with E-state index < -0.39 is 0 Å². The lowest BCUT2D eigenvalue weighted by Gasteiger charge is -2.29. The number of hydrogen-bond acceptors (Lipinski definition) is 2. The fourth-order valence-corrected chi connectivity index (χ4v) is 5.04. The van der Waals surface area contributed by atoms with Gasteiger partial charge in [0.15, 0.2) is 5.11 Å². The first kappa shape index (κ1) is 21.9. The van der Waals surface area contributed by atoms with Gasteiger partial charge in [-0.05, 0) is 84.4 Å². The van der Waals surface area contributed by atoms with Gasteiger partial charge in [0.2, 0.25) is 0 Å². The van der Waals surface area contributed by atoms with Gasteiger partial charge in [-0.1, -0.05) is 48.0 Å². The molecular formula is C27H25BrN4S. The van der Waals surface area contributed by atoms with Crippen LogP contribution >= 0.6 is 28.1 Å². The molecule has 33 heavy (non-hydrogen) atoms. The number of thiocarbonyl (C=S) groups is 1. The minimum atomic E-state index is -0.0763. The van der Waals surface area contributed by atoms with E-state index in [1.807, 2.05) is 18.3 Å². The SMILES string of the molecule is CC(C)c1ccc(N2C(=S)N[C@@H](c3ccccn3)[C@@H]2c2cccn2-c2ccc(Br)cc2)cc1. The molecule has 3 heterocycles. The molecule has 4 aromatic rings. The number of aromatic nitrogens is 2. The zero-order chi connectivity index (χ0) is 22.9. The molecule has 6 heteroatoms. The topological polar surface area (TPSA) is 33.1 Å². The van der Waals surface area contributed by atoms with Crippen molar-refractivity contribution in [2.45, 2.75) is 31.8 Å². The molecule has 2 aromatic carbocycles. The third kappa shape index (κ3) is 4.21. The molecule has 1 aliphatic heterocycles. The predicted molar refractivity (Wildman–Crippen MR) is 142 cm³/mol. The molecular weight excluding hydrogens is 492 g/mol. The summed E-state index contributed by atoms with van der Waals surface area (Å²) in [6.45, 7) is 4.42. The molecule has 0 radical (unpaired) electrons. The van der Waals surface area contributed by atoms with Gasteiger partial charge < -0.3 is 14.8 Å². The van der Waals surface area contributed by atoms with Gasteiger partial charge in [0, 0.05) is 33.9 Å². The summed E-state index contributed by atoms with van der Waals surface area (Å²) in [6.07, 6.45) is 3.94. The fraction of sp³-hybridized carbons (Fsp3) is 0.185. The lowest BCUT2D eigenvalue weighted by atomic mass is 9.99. The lowest BCUT2D eigenvalue weighted by Crippen LogP contribution is -2.30. The van der Waals surface area contributed by atoms with Crippen molar-refractivity contribution in [3.05, 3.63) is 113 Å². The van der Waals surface area contributed by atoms with Crippen LogP contribution in [0.4, 0.5) is 5.69 Å². The molecule has 1 fully saturated rings. The number of nitrogens with zero attached hydrogens (tertiary/aromatic N) is 3. The number of pyridine rings is 1. The molecule has 5 rings (SSSR count). The number of anilines is 1. The highest BCUT2D eigenvalue weighted by molar-refractivity contribution is 9.10. The van der Waals surface area contributed by atoms with E-state index in [-0.39, 0.29) is 12.1 Å². The van der Waals surface area contributed by atoms with E-state index in [1.54, 1.807) is 0 Å². The number of hydrogen-bond donors (Lipinski definition) is 1. The summed E-state index contributed by atoms with van der Waals surface area (Å²) < 4.78 is 3.29. The van der Waals surface area contributed by atoms with Crippen LogP contribution in [0.1, 0.15) is 48.8 Å². The van der Waals surface area contributed by atoms with E-state index >= 15 is 0 Å². The van der Waals surface area contributed by atoms with Crippen LogP contribution in [0.3, 0.4) is 0 Å². The summed E-state index contributed by atoms with van der Waals surface area (Å²) in [6, 6.07) is 27.3. The second-order valence-electron chi connectivity index (χ2n) is 8.52. The maximum absolute atomic E-state index is 5.88. The Morgan fingerprint density at radius 1 is 0.909 bits per heavy atom. The van der Waals surface area contributed by atoms with E-state index in [2.05, 4.69) is 122 Å². The Morgan fingerprint density at radius 2 is 1.64 bits per heavy atom. The van der Waals surface area contributed by atoms with E-state index in [9.17, 15) is 0 Å². The van der Waals surface area contributed by atoms with Crippen molar-refractivity contribution in [2.24, 2.45) is 0 Å². The second kappa shape index (κ2) is 9.12. The average Bonchev–Trinajstić information content (AvgIpc) is 3.44. The van der Waals surface area contributed by atoms with Crippen LogP contribution in [-0.4, -0.2) is 14.7 Å². The molecule has 0 aliphatic carbocycles. The third-order valence-electron chi connectivity index (χ3n) is 6.12. The highest BCUT2D eigenvalue weighted by Crippen LogP contribution is 2.42. The van der Waals surface area contributed by atoms with Crippen molar-refractivity contribution >= 4 is 38.9 Å². The Morgan fingerprint density at radius 3 is 2.30 bits per heavy atom. The largest absolute Gasteiger partial charge is 0.351 e. The van der Waals surface area contributed by atoms with Crippen LogP contribution in [0.2, 0.25) is 0 Å². The van der Waals surface area contributed by atoms with Gasteiger partial charge in [0.25, 0.3) is 0 Å². The zero-order valence-electron chi connectivity index (χ0n) is 18.5. The Kier molecular flexibility index (Phi) is 6.04. The lowest BCUT2D eigenvalue weighted by molar-refractivity contribution is 0.549. The van der Waals surface area contributed by atoms with Crippen molar-refractivity contribution < 1.29 is 0 Å². The summed E-state index contributed by atoms with van der Waals surface area (Å²) >= 11 is 9.43. The number of halogens is 1. The van der Waals surface area contributed by atoms with Gasteiger partial charge in [0.1, 0.15) is 6.04 Å². The maximum atomic E-state index is 5.88. The van der Waals surface area contributed by atoms with E-state index in [0.717, 1.165) is 27.2 Å². The molecule has 0 unspecified atom stereocenters. The number of benzene rings is 2. The molecule has 2 aromatic heterocycles. The molecule has 1 saturated heterocycles. The van der Waals surface area contributed by atoms with Crippen LogP contribution in [-0.2, 0) is 0 Å². The minimum Gasteiger partial charge on any atom is -0.351 e. The first-order valence-corrected chi connectivity index (χ1v) is 12.3. The van der Waals surface area contributed by atoms with Crippen LogP contribution in [0.25, 0.3) is 5.69 Å². The van der Waals surface area contributed by atoms with Crippen molar-refractivity contribution in [3.8, 4) is 5.69 Å². The van der Waals surface area contributed by atoms with Crippen LogP contribution in [0, 0.1) is 0 Å². The molecule has 4 nitrogen and oxygen atoms in total. The van der Waals surface area contributed by atoms with Crippen LogP contribution in [0.5, 0.6) is 0 Å². The molecule has 0 bridgehead atoms. The van der Waals surface area contributed by atoms with Crippen LogP contribution < -0.4 is 10.2 Å². The second-order valence-corrected chi connectivity index (χ2v) is 9.82. The molecule has 0 saturated carbocycles. The van der Waals surface area contributed by atoms with Crippen molar-refractivity contribution in [2.75, 3.05) is 4.90 Å². The van der Waals surface area contributed by atoms with Crippen molar-refractivity contribution in [1.82, 2.24) is 14.9 Å². The first-order valence-electron chi connectivity index (χ1n) is 11.1. The Bertz CT molecular complexity index is 1250. The summed E-state index contributed by atoms with van der Waals surface area (Å²) in [4.78, 5) is 6.90. The highest BCUT2D eigenvalue weighted by atomic mass is 79.9. The van der Waals surface area contributed by atoms with Crippen molar-refractivity contribution in [1.29, 1.82) is 0 Å². The summed E-state index contributed by atoms with van der Waals surface area (Å²) in [5.74, 6) is 0.481. The Balaban J connectivity index is 1.63. The summed E-state index contributed by atoms with van der Waals surface area (Å²) in [7, 11) is 0. The van der Waals surface area contributed by atoms with Gasteiger partial charge >= 0.3 is 0 Å². The van der Waals surface area contributed by atoms with E-state index in [0.29, 0.717) is 11.0 Å². The minimum absolute atomic E-state index is 0.0593. The van der Waals surface area contributed by atoms with Gasteiger partial charge in [-0.25, -0.2) is 0 Å². The smallest absolute Gasteiger partial charge is 0.174 e.